The third-order valence-electron chi connectivity index (χ3n) is 11.6. The number of carbonyl (C=O) groups excluding carboxylic acids is 3. The summed E-state index contributed by atoms with van der Waals surface area (Å²) in [7, 11) is 0. The highest BCUT2D eigenvalue weighted by atomic mass is 16.5. The average Bonchev–Trinajstić information content (AvgIpc) is 3.22. The number of carboxylic acid groups (broad SMARTS) is 1. The highest BCUT2D eigenvalue weighted by Crippen LogP contribution is 2.65. The Bertz CT molecular complexity index is 1360. The molecular weight excluding hydrogens is 544 g/mol. The lowest BCUT2D eigenvalue weighted by atomic mass is 9.47. The summed E-state index contributed by atoms with van der Waals surface area (Å²) in [5, 5.41) is 8.96. The molecule has 0 bridgehead atoms. The van der Waals surface area contributed by atoms with E-state index in [0.717, 1.165) is 61.6 Å². The normalized spacial score (nSPS) is 31.8. The molecule has 0 amide bonds. The van der Waals surface area contributed by atoms with Crippen LogP contribution in [0.15, 0.2) is 23.8 Å². The number of hydrogen-bond acceptors (Lipinski definition) is 6. The van der Waals surface area contributed by atoms with Gasteiger partial charge in [0.05, 0.1) is 19.3 Å². The zero-order chi connectivity index (χ0) is 31.3. The molecule has 0 aliphatic heterocycles. The third-order valence-corrected chi connectivity index (χ3v) is 11.6. The second-order valence-electron chi connectivity index (χ2n) is 15.0. The van der Waals surface area contributed by atoms with E-state index in [9.17, 15) is 19.2 Å². The Morgan fingerprint density at radius 1 is 0.953 bits per heavy atom. The van der Waals surface area contributed by atoms with E-state index in [2.05, 4.69) is 13.8 Å². The minimum absolute atomic E-state index is 0.0480. The van der Waals surface area contributed by atoms with Crippen molar-refractivity contribution in [3.63, 3.8) is 0 Å². The molecule has 43 heavy (non-hydrogen) atoms. The van der Waals surface area contributed by atoms with E-state index >= 15 is 0 Å². The van der Waals surface area contributed by atoms with Gasteiger partial charge in [-0.05, 0) is 105 Å². The standard InChI is InChI=1S/C36H48O7/c1-21-17-22(2)33(28(18-21)42-31(40)12-11-30(38)39)34(3,4)20-32(41)43-29-10-9-26-25-8-7-23-19-24(37)13-15-35(23,5)27(25)14-16-36(26,29)6/h17-19,25-27,29H,7-16,20H2,1-6H3,(H,38,39)/t25-,26-,27-,29-,35-,36-/m0/s1. The monoisotopic (exact) mass is 592 g/mol. The van der Waals surface area contributed by atoms with Crippen LogP contribution in [0.2, 0.25) is 0 Å². The van der Waals surface area contributed by atoms with Gasteiger partial charge >= 0.3 is 17.9 Å². The van der Waals surface area contributed by atoms with E-state index in [1.165, 1.54) is 5.57 Å². The number of esters is 2. The summed E-state index contributed by atoms with van der Waals surface area (Å²) in [5.41, 5.74) is 3.36. The van der Waals surface area contributed by atoms with Crippen molar-refractivity contribution < 1.29 is 33.8 Å². The minimum atomic E-state index is -1.05. The van der Waals surface area contributed by atoms with Gasteiger partial charge in [0, 0.05) is 22.8 Å². The molecule has 4 aliphatic carbocycles. The van der Waals surface area contributed by atoms with Crippen molar-refractivity contribution in [1.82, 2.24) is 0 Å². The molecule has 7 nitrogen and oxygen atoms in total. The van der Waals surface area contributed by atoms with Gasteiger partial charge < -0.3 is 14.6 Å². The molecule has 1 N–H and O–H groups in total. The van der Waals surface area contributed by atoms with Gasteiger partial charge in [-0.3, -0.25) is 19.2 Å². The molecule has 3 fully saturated rings. The van der Waals surface area contributed by atoms with Crippen LogP contribution in [0.4, 0.5) is 0 Å². The summed E-state index contributed by atoms with van der Waals surface area (Å²) in [6, 6.07) is 3.79. The molecule has 0 unspecified atom stereocenters. The van der Waals surface area contributed by atoms with Gasteiger partial charge in [-0.15, -0.1) is 0 Å². The molecule has 234 valence electrons. The first-order valence-electron chi connectivity index (χ1n) is 16.1. The second-order valence-corrected chi connectivity index (χ2v) is 15.0. The molecule has 0 heterocycles. The molecule has 0 aromatic heterocycles. The van der Waals surface area contributed by atoms with Gasteiger partial charge in [0.15, 0.2) is 5.78 Å². The maximum Gasteiger partial charge on any atom is 0.311 e. The summed E-state index contributed by atoms with van der Waals surface area (Å²) in [6.45, 7) is 12.5. The Balaban J connectivity index is 1.29. The van der Waals surface area contributed by atoms with Crippen LogP contribution in [0.25, 0.3) is 0 Å². The topological polar surface area (TPSA) is 107 Å². The number of fused-ring (bicyclic) bond motifs is 5. The molecule has 0 saturated heterocycles. The molecule has 6 atom stereocenters. The fourth-order valence-corrected chi connectivity index (χ4v) is 9.61. The predicted octanol–water partition coefficient (Wildman–Crippen LogP) is 7.19. The number of allylic oxidation sites excluding steroid dienone is 1. The van der Waals surface area contributed by atoms with Crippen LogP contribution < -0.4 is 4.74 Å². The van der Waals surface area contributed by atoms with Crippen molar-refractivity contribution in [3.8, 4) is 5.75 Å². The van der Waals surface area contributed by atoms with Crippen LogP contribution in [0.5, 0.6) is 5.75 Å². The smallest absolute Gasteiger partial charge is 0.311 e. The fourth-order valence-electron chi connectivity index (χ4n) is 9.61. The Hall–Kier alpha value is -2.96. The largest absolute Gasteiger partial charge is 0.481 e. The molecule has 5 rings (SSSR count). The van der Waals surface area contributed by atoms with E-state index in [1.54, 1.807) is 6.07 Å². The maximum absolute atomic E-state index is 13.6. The number of benzene rings is 1. The van der Waals surface area contributed by atoms with E-state index in [-0.39, 0.29) is 47.9 Å². The van der Waals surface area contributed by atoms with Gasteiger partial charge in [-0.1, -0.05) is 39.3 Å². The summed E-state index contributed by atoms with van der Waals surface area (Å²) in [5.74, 6) is 0.467. The Labute approximate surface area is 255 Å². The highest BCUT2D eigenvalue weighted by molar-refractivity contribution is 5.91. The minimum Gasteiger partial charge on any atom is -0.481 e. The van der Waals surface area contributed by atoms with Gasteiger partial charge in [0.25, 0.3) is 0 Å². The first-order valence-corrected chi connectivity index (χ1v) is 16.1. The number of aliphatic carboxylic acids is 1. The molecule has 1 aromatic carbocycles. The maximum atomic E-state index is 13.6. The van der Waals surface area contributed by atoms with E-state index in [0.29, 0.717) is 29.9 Å². The Kier molecular flexibility index (Phi) is 8.43. The second kappa shape index (κ2) is 11.5. The summed E-state index contributed by atoms with van der Waals surface area (Å²) in [4.78, 5) is 49.2. The molecule has 1 aromatic rings. The molecule has 7 heteroatoms. The summed E-state index contributed by atoms with van der Waals surface area (Å²) < 4.78 is 12.0. The first kappa shape index (κ1) is 31.5. The number of ether oxygens (including phenoxy) is 2. The van der Waals surface area contributed by atoms with Crippen molar-refractivity contribution in [2.45, 2.75) is 124 Å². The lowest BCUT2D eigenvalue weighted by Crippen LogP contribution is -2.51. The predicted molar refractivity (Wildman–Crippen MR) is 163 cm³/mol. The van der Waals surface area contributed by atoms with Crippen molar-refractivity contribution in [2.75, 3.05) is 0 Å². The third kappa shape index (κ3) is 5.93. The van der Waals surface area contributed by atoms with Crippen molar-refractivity contribution in [3.05, 3.63) is 40.5 Å². The van der Waals surface area contributed by atoms with Crippen molar-refractivity contribution >= 4 is 23.7 Å². The molecule has 3 saturated carbocycles. The molecular formula is C36H48O7. The number of carbonyl (C=O) groups is 4. The number of carboxylic acids is 1. The van der Waals surface area contributed by atoms with Gasteiger partial charge in [0.1, 0.15) is 11.9 Å². The fraction of sp³-hybridized carbons (Fsp3) is 0.667. The first-order chi connectivity index (χ1) is 20.1. The highest BCUT2D eigenvalue weighted by Gasteiger charge is 2.60. The Morgan fingerprint density at radius 3 is 2.42 bits per heavy atom. The Morgan fingerprint density at radius 2 is 1.70 bits per heavy atom. The van der Waals surface area contributed by atoms with Crippen molar-refractivity contribution in [2.24, 2.45) is 28.6 Å². The van der Waals surface area contributed by atoms with Gasteiger partial charge in [0.2, 0.25) is 0 Å². The number of ketones is 1. The van der Waals surface area contributed by atoms with Gasteiger partial charge in [-0.2, -0.15) is 0 Å². The zero-order valence-corrected chi connectivity index (χ0v) is 26.7. The van der Waals surface area contributed by atoms with Crippen LogP contribution >= 0.6 is 0 Å². The average molecular weight is 593 g/mol. The van der Waals surface area contributed by atoms with Gasteiger partial charge in [-0.25, -0.2) is 0 Å². The van der Waals surface area contributed by atoms with Crippen LogP contribution in [0.1, 0.15) is 115 Å². The lowest BCUT2D eigenvalue weighted by Gasteiger charge is -2.57. The lowest BCUT2D eigenvalue weighted by molar-refractivity contribution is -0.161. The molecule has 0 spiro atoms. The van der Waals surface area contributed by atoms with Crippen LogP contribution in [-0.2, 0) is 29.3 Å². The van der Waals surface area contributed by atoms with Crippen LogP contribution in [0.3, 0.4) is 0 Å². The summed E-state index contributed by atoms with van der Waals surface area (Å²) >= 11 is 0. The number of aryl methyl sites for hydroxylation is 2. The summed E-state index contributed by atoms with van der Waals surface area (Å²) in [6.07, 6.45) is 9.29. The number of hydrogen-bond donors (Lipinski definition) is 1. The van der Waals surface area contributed by atoms with Crippen LogP contribution in [-0.4, -0.2) is 34.9 Å². The van der Waals surface area contributed by atoms with Crippen LogP contribution in [0, 0.1) is 42.4 Å². The van der Waals surface area contributed by atoms with E-state index in [1.807, 2.05) is 39.8 Å². The zero-order valence-electron chi connectivity index (χ0n) is 26.7. The number of rotatable bonds is 8. The molecule has 0 radical (unpaired) electrons. The van der Waals surface area contributed by atoms with E-state index in [4.69, 9.17) is 14.6 Å². The quantitative estimate of drug-likeness (QED) is 0.252. The van der Waals surface area contributed by atoms with Crippen molar-refractivity contribution in [1.29, 1.82) is 0 Å². The molecule has 4 aliphatic rings. The SMILES string of the molecule is Cc1cc(C)c(C(C)(C)CC(=O)O[C@H]2CC[C@H]3[C@@H]4CCC5=CC(=O)CC[C@]5(C)[C@H]4CC[C@]23C)c(OC(=O)CCC(=O)O)c1. The van der Waals surface area contributed by atoms with E-state index < -0.39 is 17.4 Å².